The monoisotopic (exact) mass is 335 g/mol. The van der Waals surface area contributed by atoms with Crippen molar-refractivity contribution in [2.24, 2.45) is 7.05 Å². The molecular weight excluding hydrogens is 314 g/mol. The van der Waals surface area contributed by atoms with E-state index in [1.54, 1.807) is 24.0 Å². The van der Waals surface area contributed by atoms with Crippen LogP contribution in [-0.2, 0) is 13.6 Å². The molecule has 25 heavy (non-hydrogen) atoms. The first-order chi connectivity index (χ1) is 12.1. The number of urea groups is 1. The molecule has 0 aliphatic carbocycles. The van der Waals surface area contributed by atoms with Gasteiger partial charge < -0.3 is 10.2 Å². The number of carbonyl (C=O) groups is 1. The second-order valence-corrected chi connectivity index (χ2v) is 5.81. The third-order valence-electron chi connectivity index (χ3n) is 3.78. The first kappa shape index (κ1) is 16.6. The van der Waals surface area contributed by atoms with Crippen molar-refractivity contribution in [1.29, 1.82) is 0 Å². The number of rotatable bonds is 5. The molecule has 0 saturated heterocycles. The second-order valence-electron chi connectivity index (χ2n) is 5.81. The van der Waals surface area contributed by atoms with Crippen molar-refractivity contribution in [2.75, 3.05) is 22.6 Å². The maximum atomic E-state index is 12.2. The quantitative estimate of drug-likeness (QED) is 0.747. The lowest BCUT2D eigenvalue weighted by Crippen LogP contribution is -2.23. The van der Waals surface area contributed by atoms with E-state index in [0.29, 0.717) is 5.82 Å². The molecule has 2 N–H and O–H groups in total. The average molecular weight is 335 g/mol. The van der Waals surface area contributed by atoms with Crippen LogP contribution in [0.25, 0.3) is 0 Å². The van der Waals surface area contributed by atoms with Crippen LogP contribution in [0.1, 0.15) is 5.56 Å². The molecule has 6 nitrogen and oxygen atoms in total. The number of carbonyl (C=O) groups excluding carboxylic acids is 1. The van der Waals surface area contributed by atoms with Crippen molar-refractivity contribution in [3.8, 4) is 0 Å². The molecule has 6 heteroatoms. The first-order valence-electron chi connectivity index (χ1n) is 8.03. The molecule has 3 aromatic rings. The molecule has 128 valence electrons. The van der Waals surface area contributed by atoms with Gasteiger partial charge in [-0.25, -0.2) is 4.79 Å². The lowest BCUT2D eigenvalue weighted by Gasteiger charge is -2.22. The third kappa shape index (κ3) is 4.38. The highest BCUT2D eigenvalue weighted by Crippen LogP contribution is 2.26. The highest BCUT2D eigenvalue weighted by Gasteiger charge is 2.11. The molecule has 2 aromatic carbocycles. The van der Waals surface area contributed by atoms with Gasteiger partial charge in [-0.2, -0.15) is 5.10 Å². The zero-order valence-corrected chi connectivity index (χ0v) is 14.3. The van der Waals surface area contributed by atoms with Crippen LogP contribution in [0, 0.1) is 0 Å². The van der Waals surface area contributed by atoms with Crippen molar-refractivity contribution in [3.05, 3.63) is 72.4 Å². The van der Waals surface area contributed by atoms with Gasteiger partial charge in [0, 0.05) is 32.9 Å². The molecule has 0 atom stereocenters. The van der Waals surface area contributed by atoms with Gasteiger partial charge in [0.25, 0.3) is 0 Å². The number of amides is 2. The Morgan fingerprint density at radius 2 is 1.76 bits per heavy atom. The molecule has 0 fully saturated rings. The zero-order valence-electron chi connectivity index (χ0n) is 14.3. The Balaban J connectivity index is 1.70. The molecule has 1 heterocycles. The largest absolute Gasteiger partial charge is 0.369 e. The lowest BCUT2D eigenvalue weighted by molar-refractivity contribution is 0.262. The summed E-state index contributed by atoms with van der Waals surface area (Å²) >= 11 is 0. The minimum absolute atomic E-state index is 0.320. The standard InChI is InChI=1S/C19H21N5O/c1-23(14-15-8-4-3-5-9-15)17-11-7-6-10-16(17)20-19(25)21-18-12-13-24(2)22-18/h3-13H,14H2,1-2H3,(H2,20,21,22,25). The minimum Gasteiger partial charge on any atom is -0.369 e. The number of anilines is 3. The number of nitrogens with one attached hydrogen (secondary N) is 2. The van der Waals surface area contributed by atoms with Crippen LogP contribution >= 0.6 is 0 Å². The molecular formula is C19H21N5O. The lowest BCUT2D eigenvalue weighted by atomic mass is 10.2. The van der Waals surface area contributed by atoms with Gasteiger partial charge in [0.2, 0.25) is 0 Å². The summed E-state index contributed by atoms with van der Waals surface area (Å²) in [6.07, 6.45) is 1.77. The number of hydrogen-bond acceptors (Lipinski definition) is 3. The number of benzene rings is 2. The van der Waals surface area contributed by atoms with Gasteiger partial charge in [-0.3, -0.25) is 10.00 Å². The predicted molar refractivity (Wildman–Crippen MR) is 101 cm³/mol. The van der Waals surface area contributed by atoms with E-state index in [4.69, 9.17) is 0 Å². The van der Waals surface area contributed by atoms with Crippen LogP contribution in [0.4, 0.5) is 22.0 Å². The van der Waals surface area contributed by atoms with Crippen molar-refractivity contribution < 1.29 is 4.79 Å². The maximum Gasteiger partial charge on any atom is 0.324 e. The Labute approximate surface area is 147 Å². The van der Waals surface area contributed by atoms with Gasteiger partial charge in [0.15, 0.2) is 5.82 Å². The van der Waals surface area contributed by atoms with E-state index in [1.165, 1.54) is 5.56 Å². The molecule has 0 aliphatic heterocycles. The Hall–Kier alpha value is -3.28. The highest BCUT2D eigenvalue weighted by molar-refractivity contribution is 6.01. The Morgan fingerprint density at radius 1 is 1.04 bits per heavy atom. The fourth-order valence-electron chi connectivity index (χ4n) is 2.61. The van der Waals surface area contributed by atoms with Gasteiger partial charge in [0.05, 0.1) is 11.4 Å². The summed E-state index contributed by atoms with van der Waals surface area (Å²) in [5.74, 6) is 0.509. The normalized spacial score (nSPS) is 10.3. The Bertz CT molecular complexity index is 844. The van der Waals surface area contributed by atoms with Gasteiger partial charge >= 0.3 is 6.03 Å². The number of aromatic nitrogens is 2. The van der Waals surface area contributed by atoms with E-state index in [1.807, 2.05) is 49.5 Å². The van der Waals surface area contributed by atoms with E-state index < -0.39 is 0 Å². The highest BCUT2D eigenvalue weighted by atomic mass is 16.2. The topological polar surface area (TPSA) is 62.2 Å². The van der Waals surface area contributed by atoms with Gasteiger partial charge in [-0.05, 0) is 17.7 Å². The fraction of sp³-hybridized carbons (Fsp3) is 0.158. The molecule has 0 bridgehead atoms. The van der Waals surface area contributed by atoms with Crippen molar-refractivity contribution in [3.63, 3.8) is 0 Å². The summed E-state index contributed by atoms with van der Waals surface area (Å²) in [7, 11) is 3.81. The zero-order chi connectivity index (χ0) is 17.6. The molecule has 2 amide bonds. The summed E-state index contributed by atoms with van der Waals surface area (Å²) in [5, 5.41) is 9.76. The number of nitrogens with zero attached hydrogens (tertiary/aromatic N) is 3. The Morgan fingerprint density at radius 3 is 2.48 bits per heavy atom. The van der Waals surface area contributed by atoms with E-state index in [0.717, 1.165) is 17.9 Å². The van der Waals surface area contributed by atoms with Crippen LogP contribution in [0.5, 0.6) is 0 Å². The van der Waals surface area contributed by atoms with Crippen LogP contribution in [0.2, 0.25) is 0 Å². The predicted octanol–water partition coefficient (Wildman–Crippen LogP) is 3.70. The summed E-state index contributed by atoms with van der Waals surface area (Å²) in [6, 6.07) is 19.4. The van der Waals surface area contributed by atoms with E-state index >= 15 is 0 Å². The third-order valence-corrected chi connectivity index (χ3v) is 3.78. The molecule has 1 aromatic heterocycles. The SMILES string of the molecule is CN(Cc1ccccc1)c1ccccc1NC(=O)Nc1ccn(C)n1. The number of aryl methyl sites for hydroxylation is 1. The van der Waals surface area contributed by atoms with Gasteiger partial charge in [0.1, 0.15) is 0 Å². The summed E-state index contributed by atoms with van der Waals surface area (Å²) < 4.78 is 1.64. The van der Waals surface area contributed by atoms with Crippen LogP contribution in [-0.4, -0.2) is 22.9 Å². The Kier molecular flexibility index (Phi) is 4.99. The molecule has 0 unspecified atom stereocenters. The van der Waals surface area contributed by atoms with Crippen molar-refractivity contribution >= 4 is 23.2 Å². The van der Waals surface area contributed by atoms with Crippen LogP contribution < -0.4 is 15.5 Å². The van der Waals surface area contributed by atoms with Gasteiger partial charge in [-0.15, -0.1) is 0 Å². The average Bonchev–Trinajstić information content (AvgIpc) is 3.01. The van der Waals surface area contributed by atoms with Crippen LogP contribution in [0.15, 0.2) is 66.9 Å². The second kappa shape index (κ2) is 7.53. The molecule has 0 aliphatic rings. The summed E-state index contributed by atoms with van der Waals surface area (Å²) in [4.78, 5) is 14.3. The van der Waals surface area contributed by atoms with E-state index in [9.17, 15) is 4.79 Å². The van der Waals surface area contributed by atoms with E-state index in [2.05, 4.69) is 32.8 Å². The minimum atomic E-state index is -0.320. The molecule has 3 rings (SSSR count). The molecule has 0 spiro atoms. The number of hydrogen-bond donors (Lipinski definition) is 2. The summed E-state index contributed by atoms with van der Waals surface area (Å²) in [5.41, 5.74) is 2.90. The smallest absolute Gasteiger partial charge is 0.324 e. The molecule has 0 saturated carbocycles. The summed E-state index contributed by atoms with van der Waals surface area (Å²) in [6.45, 7) is 0.751. The maximum absolute atomic E-state index is 12.2. The van der Waals surface area contributed by atoms with Gasteiger partial charge in [-0.1, -0.05) is 42.5 Å². The van der Waals surface area contributed by atoms with Crippen molar-refractivity contribution in [1.82, 2.24) is 9.78 Å². The number of para-hydroxylation sites is 2. The van der Waals surface area contributed by atoms with Crippen molar-refractivity contribution in [2.45, 2.75) is 6.54 Å². The van der Waals surface area contributed by atoms with Crippen LogP contribution in [0.3, 0.4) is 0 Å². The molecule has 0 radical (unpaired) electrons. The van der Waals surface area contributed by atoms with E-state index in [-0.39, 0.29) is 6.03 Å². The fourth-order valence-corrected chi connectivity index (χ4v) is 2.61. The first-order valence-corrected chi connectivity index (χ1v) is 8.03.